The Kier molecular flexibility index (Phi) is 8.31. The quantitative estimate of drug-likeness (QED) is 0.613. The van der Waals surface area contributed by atoms with Gasteiger partial charge in [-0.25, -0.2) is 4.39 Å². The fourth-order valence-corrected chi connectivity index (χ4v) is 2.54. The van der Waals surface area contributed by atoms with Crippen molar-refractivity contribution in [1.29, 1.82) is 0 Å². The molecule has 19 heavy (non-hydrogen) atoms. The van der Waals surface area contributed by atoms with E-state index in [4.69, 9.17) is 0 Å². The van der Waals surface area contributed by atoms with Crippen molar-refractivity contribution in [2.45, 2.75) is 64.4 Å². The van der Waals surface area contributed by atoms with Gasteiger partial charge in [-0.05, 0) is 24.1 Å². The first-order valence-electron chi connectivity index (χ1n) is 7.25. The van der Waals surface area contributed by atoms with Crippen molar-refractivity contribution in [3.05, 3.63) is 34.1 Å². The van der Waals surface area contributed by atoms with E-state index < -0.39 is 6.10 Å². The van der Waals surface area contributed by atoms with Crippen LogP contribution >= 0.6 is 15.9 Å². The molecule has 0 heterocycles. The average Bonchev–Trinajstić information content (AvgIpc) is 2.37. The Balaban J connectivity index is 2.21. The highest BCUT2D eigenvalue weighted by atomic mass is 79.9. The zero-order valence-electron chi connectivity index (χ0n) is 11.7. The molecule has 0 fully saturated rings. The van der Waals surface area contributed by atoms with Crippen molar-refractivity contribution < 1.29 is 9.50 Å². The molecule has 3 heteroatoms. The Morgan fingerprint density at radius 1 is 1.16 bits per heavy atom. The summed E-state index contributed by atoms with van der Waals surface area (Å²) in [7, 11) is 0. The van der Waals surface area contributed by atoms with Gasteiger partial charge >= 0.3 is 0 Å². The second-order valence-corrected chi connectivity index (χ2v) is 6.07. The molecule has 0 aromatic heterocycles. The molecule has 1 N–H and O–H groups in total. The molecule has 1 atom stereocenters. The van der Waals surface area contributed by atoms with Crippen LogP contribution in [0, 0.1) is 5.82 Å². The normalized spacial score (nSPS) is 12.6. The lowest BCUT2D eigenvalue weighted by Crippen LogP contribution is -2.11. The van der Waals surface area contributed by atoms with Crippen molar-refractivity contribution in [3.63, 3.8) is 0 Å². The van der Waals surface area contributed by atoms with E-state index >= 15 is 0 Å². The van der Waals surface area contributed by atoms with E-state index in [2.05, 4.69) is 22.9 Å². The van der Waals surface area contributed by atoms with Crippen LogP contribution in [0.1, 0.15) is 57.4 Å². The van der Waals surface area contributed by atoms with Crippen LogP contribution in [-0.4, -0.2) is 11.2 Å². The Morgan fingerprint density at radius 2 is 1.84 bits per heavy atom. The molecule has 1 rings (SSSR count). The van der Waals surface area contributed by atoms with E-state index in [1.54, 1.807) is 6.07 Å². The maximum absolute atomic E-state index is 13.6. The maximum Gasteiger partial charge on any atom is 0.127 e. The van der Waals surface area contributed by atoms with Gasteiger partial charge in [0, 0.05) is 10.9 Å². The Bertz CT molecular complexity index is 368. The predicted octanol–water partition coefficient (Wildman–Crippen LogP) is 5.24. The summed E-state index contributed by atoms with van der Waals surface area (Å²) in [5.41, 5.74) is 0.599. The number of unbranched alkanes of at least 4 members (excludes halogenated alkanes) is 5. The van der Waals surface area contributed by atoms with Gasteiger partial charge < -0.3 is 5.11 Å². The summed E-state index contributed by atoms with van der Waals surface area (Å²) in [5.74, 6) is -0.239. The largest absolute Gasteiger partial charge is 0.393 e. The standard InChI is InChI=1S/C16H24BrFO/c1-2-3-4-5-6-7-8-15(19)11-13-9-10-14(17)12-16(13)18/h9-10,12,15,19H,2-8,11H2,1H3. The number of aliphatic hydroxyl groups is 1. The van der Waals surface area contributed by atoms with Gasteiger partial charge in [0.05, 0.1) is 6.10 Å². The van der Waals surface area contributed by atoms with Crippen LogP contribution in [0.3, 0.4) is 0 Å². The molecular formula is C16H24BrFO. The number of aliphatic hydroxyl groups excluding tert-OH is 1. The number of halogens is 2. The molecule has 0 amide bonds. The molecule has 1 nitrogen and oxygen atoms in total. The molecule has 108 valence electrons. The summed E-state index contributed by atoms with van der Waals surface area (Å²) in [4.78, 5) is 0. The van der Waals surface area contributed by atoms with Crippen LogP contribution in [0.5, 0.6) is 0 Å². The minimum atomic E-state index is -0.429. The molecule has 0 bridgehead atoms. The van der Waals surface area contributed by atoms with E-state index in [1.165, 1.54) is 38.2 Å². The summed E-state index contributed by atoms with van der Waals surface area (Å²) in [6.45, 7) is 2.20. The molecule has 0 saturated heterocycles. The third-order valence-electron chi connectivity index (χ3n) is 3.36. The summed E-state index contributed by atoms with van der Waals surface area (Å²) >= 11 is 3.23. The molecule has 0 saturated carbocycles. The smallest absolute Gasteiger partial charge is 0.127 e. The van der Waals surface area contributed by atoms with E-state index in [-0.39, 0.29) is 5.82 Å². The zero-order chi connectivity index (χ0) is 14.1. The van der Waals surface area contributed by atoms with Crippen LogP contribution < -0.4 is 0 Å². The topological polar surface area (TPSA) is 20.2 Å². The summed E-state index contributed by atoms with van der Waals surface area (Å²) in [5, 5.41) is 9.92. The third kappa shape index (κ3) is 7.07. The van der Waals surface area contributed by atoms with Gasteiger partial charge in [0.1, 0.15) is 5.82 Å². The van der Waals surface area contributed by atoms with E-state index in [1.807, 2.05) is 6.07 Å². The molecule has 0 aliphatic heterocycles. The van der Waals surface area contributed by atoms with Gasteiger partial charge in [0.25, 0.3) is 0 Å². The molecule has 1 aromatic carbocycles. The number of benzene rings is 1. The SMILES string of the molecule is CCCCCCCCC(O)Cc1ccc(Br)cc1F. The fraction of sp³-hybridized carbons (Fsp3) is 0.625. The average molecular weight is 331 g/mol. The Hall–Kier alpha value is -0.410. The molecular weight excluding hydrogens is 307 g/mol. The Labute approximate surface area is 124 Å². The lowest BCUT2D eigenvalue weighted by Gasteiger charge is -2.11. The van der Waals surface area contributed by atoms with Crippen LogP contribution in [0.4, 0.5) is 4.39 Å². The van der Waals surface area contributed by atoms with Gasteiger partial charge in [-0.1, -0.05) is 67.4 Å². The monoisotopic (exact) mass is 330 g/mol. The summed E-state index contributed by atoms with van der Waals surface area (Å²) in [6, 6.07) is 5.01. The van der Waals surface area contributed by atoms with Crippen molar-refractivity contribution >= 4 is 15.9 Å². The van der Waals surface area contributed by atoms with Crippen LogP contribution in [0.15, 0.2) is 22.7 Å². The minimum Gasteiger partial charge on any atom is -0.393 e. The predicted molar refractivity (Wildman–Crippen MR) is 81.8 cm³/mol. The van der Waals surface area contributed by atoms with Gasteiger partial charge in [0.2, 0.25) is 0 Å². The number of hydrogen-bond donors (Lipinski definition) is 1. The van der Waals surface area contributed by atoms with Crippen molar-refractivity contribution in [1.82, 2.24) is 0 Å². The van der Waals surface area contributed by atoms with Crippen molar-refractivity contribution in [2.75, 3.05) is 0 Å². The molecule has 0 aliphatic carbocycles. The summed E-state index contributed by atoms with van der Waals surface area (Å²) in [6.07, 6.45) is 8.03. The fourth-order valence-electron chi connectivity index (χ4n) is 2.20. The van der Waals surface area contributed by atoms with E-state index in [0.717, 1.165) is 17.3 Å². The number of hydrogen-bond acceptors (Lipinski definition) is 1. The molecule has 1 aromatic rings. The van der Waals surface area contributed by atoms with Crippen LogP contribution in [0.25, 0.3) is 0 Å². The van der Waals surface area contributed by atoms with Gasteiger partial charge in [-0.3, -0.25) is 0 Å². The van der Waals surface area contributed by atoms with Crippen molar-refractivity contribution in [3.8, 4) is 0 Å². The first-order valence-corrected chi connectivity index (χ1v) is 8.04. The van der Waals surface area contributed by atoms with E-state index in [9.17, 15) is 9.50 Å². The molecule has 1 unspecified atom stereocenters. The highest BCUT2D eigenvalue weighted by molar-refractivity contribution is 9.10. The molecule has 0 radical (unpaired) electrons. The second kappa shape index (κ2) is 9.49. The van der Waals surface area contributed by atoms with Gasteiger partial charge in [0.15, 0.2) is 0 Å². The van der Waals surface area contributed by atoms with Crippen molar-refractivity contribution in [2.24, 2.45) is 0 Å². The molecule has 0 spiro atoms. The summed E-state index contributed by atoms with van der Waals surface area (Å²) < 4.78 is 14.3. The minimum absolute atomic E-state index is 0.239. The first kappa shape index (κ1) is 16.6. The van der Waals surface area contributed by atoms with Crippen LogP contribution in [-0.2, 0) is 6.42 Å². The Morgan fingerprint density at radius 3 is 2.53 bits per heavy atom. The highest BCUT2D eigenvalue weighted by Crippen LogP contribution is 2.18. The van der Waals surface area contributed by atoms with E-state index in [0.29, 0.717) is 12.0 Å². The molecule has 0 aliphatic rings. The van der Waals surface area contributed by atoms with Crippen LogP contribution in [0.2, 0.25) is 0 Å². The zero-order valence-corrected chi connectivity index (χ0v) is 13.3. The second-order valence-electron chi connectivity index (χ2n) is 5.15. The number of rotatable bonds is 9. The lowest BCUT2D eigenvalue weighted by atomic mass is 10.0. The van der Waals surface area contributed by atoms with Gasteiger partial charge in [-0.15, -0.1) is 0 Å². The van der Waals surface area contributed by atoms with Gasteiger partial charge in [-0.2, -0.15) is 0 Å². The third-order valence-corrected chi connectivity index (χ3v) is 3.85. The lowest BCUT2D eigenvalue weighted by molar-refractivity contribution is 0.159. The highest BCUT2D eigenvalue weighted by Gasteiger charge is 2.09. The maximum atomic E-state index is 13.6. The first-order chi connectivity index (χ1) is 9.13.